The zero-order chi connectivity index (χ0) is 6.69. The van der Waals surface area contributed by atoms with Gasteiger partial charge < -0.3 is 4.74 Å². The first-order valence-electron chi connectivity index (χ1n) is 3.16. The van der Waals surface area contributed by atoms with Gasteiger partial charge in [0.2, 0.25) is 0 Å². The van der Waals surface area contributed by atoms with Crippen molar-refractivity contribution in [3.63, 3.8) is 0 Å². The number of rotatable bonds is 0. The van der Waals surface area contributed by atoms with Crippen LogP contribution in [0.2, 0.25) is 0 Å². The molecular weight excluding hydrogens is 159 g/mol. The van der Waals surface area contributed by atoms with Gasteiger partial charge in [-0.1, -0.05) is 0 Å². The largest absolute Gasteiger partial charge is 0.381 e. The fraction of sp³-hybridized carbons (Fsp3) is 1.00. The molecule has 1 aliphatic heterocycles. The van der Waals surface area contributed by atoms with Crippen molar-refractivity contribution in [3.05, 3.63) is 0 Å². The Balaban J connectivity index is 2.32. The molecular formula is C6H10Cl2O. The minimum atomic E-state index is 0.106. The van der Waals surface area contributed by atoms with Crippen LogP contribution in [-0.4, -0.2) is 24.0 Å². The topological polar surface area (TPSA) is 9.23 Å². The Morgan fingerprint density at radius 1 is 1.00 bits per heavy atom. The molecule has 0 aromatic heterocycles. The van der Waals surface area contributed by atoms with Gasteiger partial charge >= 0.3 is 0 Å². The van der Waals surface area contributed by atoms with Crippen LogP contribution >= 0.6 is 23.2 Å². The average molecular weight is 169 g/mol. The summed E-state index contributed by atoms with van der Waals surface area (Å²) in [6.45, 7) is 1.52. The molecule has 0 spiro atoms. The molecule has 1 aliphatic rings. The maximum absolute atomic E-state index is 5.86. The molecule has 0 saturated carbocycles. The Kier molecular flexibility index (Phi) is 3.10. The molecule has 1 heterocycles. The first-order valence-corrected chi connectivity index (χ1v) is 4.04. The van der Waals surface area contributed by atoms with Crippen LogP contribution in [0.3, 0.4) is 0 Å². The summed E-state index contributed by atoms with van der Waals surface area (Å²) in [6.07, 6.45) is 1.77. The summed E-state index contributed by atoms with van der Waals surface area (Å²) in [6, 6.07) is 0. The zero-order valence-electron chi connectivity index (χ0n) is 5.15. The van der Waals surface area contributed by atoms with Crippen molar-refractivity contribution < 1.29 is 4.74 Å². The minimum Gasteiger partial charge on any atom is -0.381 e. The van der Waals surface area contributed by atoms with Gasteiger partial charge in [-0.3, -0.25) is 0 Å². The highest BCUT2D eigenvalue weighted by Crippen LogP contribution is 2.19. The first-order chi connectivity index (χ1) is 4.30. The van der Waals surface area contributed by atoms with Gasteiger partial charge in [-0.05, 0) is 12.8 Å². The summed E-state index contributed by atoms with van der Waals surface area (Å²) >= 11 is 11.7. The monoisotopic (exact) mass is 168 g/mol. The van der Waals surface area contributed by atoms with E-state index in [4.69, 9.17) is 27.9 Å². The Morgan fingerprint density at radius 2 is 1.44 bits per heavy atom. The van der Waals surface area contributed by atoms with Crippen LogP contribution in [0.1, 0.15) is 12.8 Å². The van der Waals surface area contributed by atoms with E-state index in [1.54, 1.807) is 0 Å². The molecule has 2 atom stereocenters. The van der Waals surface area contributed by atoms with Gasteiger partial charge in [-0.25, -0.2) is 0 Å². The fourth-order valence-corrected chi connectivity index (χ4v) is 1.29. The highest BCUT2D eigenvalue weighted by Gasteiger charge is 2.18. The van der Waals surface area contributed by atoms with Crippen LogP contribution in [0.5, 0.6) is 0 Å². The quantitative estimate of drug-likeness (QED) is 0.504. The lowest BCUT2D eigenvalue weighted by Crippen LogP contribution is -2.13. The van der Waals surface area contributed by atoms with E-state index in [2.05, 4.69) is 0 Å². The predicted octanol–water partition coefficient (Wildman–Crippen LogP) is 2.01. The van der Waals surface area contributed by atoms with Crippen molar-refractivity contribution in [2.24, 2.45) is 0 Å². The molecule has 9 heavy (non-hydrogen) atoms. The van der Waals surface area contributed by atoms with Crippen LogP contribution in [-0.2, 0) is 4.74 Å². The molecule has 0 N–H and O–H groups in total. The maximum Gasteiger partial charge on any atom is 0.0522 e. The standard InChI is InChI=1S/C6H10Cl2O/c7-5-1-3-9-4-2-6(5)8/h5-6H,1-4H2. The Bertz CT molecular complexity index is 77.1. The van der Waals surface area contributed by atoms with E-state index < -0.39 is 0 Å². The molecule has 0 aromatic carbocycles. The molecule has 1 saturated heterocycles. The van der Waals surface area contributed by atoms with E-state index in [9.17, 15) is 0 Å². The summed E-state index contributed by atoms with van der Waals surface area (Å²) in [5, 5.41) is 0.211. The fourth-order valence-electron chi connectivity index (χ4n) is 0.856. The van der Waals surface area contributed by atoms with Crippen LogP contribution in [0.15, 0.2) is 0 Å². The molecule has 0 bridgehead atoms. The number of hydrogen-bond acceptors (Lipinski definition) is 1. The average Bonchev–Trinajstić information content (AvgIpc) is 1.99. The van der Waals surface area contributed by atoms with Crippen molar-refractivity contribution in [2.75, 3.05) is 13.2 Å². The third-order valence-corrected chi connectivity index (χ3v) is 2.64. The molecule has 1 nitrogen and oxygen atoms in total. The van der Waals surface area contributed by atoms with Gasteiger partial charge in [0.25, 0.3) is 0 Å². The maximum atomic E-state index is 5.86. The van der Waals surface area contributed by atoms with Gasteiger partial charge in [0.15, 0.2) is 0 Å². The summed E-state index contributed by atoms with van der Waals surface area (Å²) in [7, 11) is 0. The van der Waals surface area contributed by atoms with E-state index in [0.717, 1.165) is 26.1 Å². The normalized spacial score (nSPS) is 38.0. The Morgan fingerprint density at radius 3 is 1.89 bits per heavy atom. The smallest absolute Gasteiger partial charge is 0.0522 e. The van der Waals surface area contributed by atoms with E-state index in [0.29, 0.717) is 0 Å². The van der Waals surface area contributed by atoms with Crippen molar-refractivity contribution in [3.8, 4) is 0 Å². The molecule has 1 rings (SSSR count). The first kappa shape index (κ1) is 7.64. The summed E-state index contributed by atoms with van der Waals surface area (Å²) in [4.78, 5) is 0. The predicted molar refractivity (Wildman–Crippen MR) is 39.3 cm³/mol. The van der Waals surface area contributed by atoms with Gasteiger partial charge in [-0.2, -0.15) is 0 Å². The lowest BCUT2D eigenvalue weighted by Gasteiger charge is -2.08. The molecule has 1 fully saturated rings. The van der Waals surface area contributed by atoms with Crippen LogP contribution < -0.4 is 0 Å². The highest BCUT2D eigenvalue weighted by molar-refractivity contribution is 6.30. The number of hydrogen-bond donors (Lipinski definition) is 0. The number of halogens is 2. The molecule has 0 amide bonds. The molecule has 0 aliphatic carbocycles. The van der Waals surface area contributed by atoms with E-state index in [-0.39, 0.29) is 10.8 Å². The minimum absolute atomic E-state index is 0.106. The zero-order valence-corrected chi connectivity index (χ0v) is 6.66. The van der Waals surface area contributed by atoms with Crippen molar-refractivity contribution in [1.82, 2.24) is 0 Å². The van der Waals surface area contributed by atoms with E-state index in [1.807, 2.05) is 0 Å². The number of ether oxygens (including phenoxy) is 1. The van der Waals surface area contributed by atoms with Crippen molar-refractivity contribution in [1.29, 1.82) is 0 Å². The summed E-state index contributed by atoms with van der Waals surface area (Å²) < 4.78 is 5.17. The van der Waals surface area contributed by atoms with Crippen molar-refractivity contribution >= 4 is 23.2 Å². The van der Waals surface area contributed by atoms with Gasteiger partial charge in [0.1, 0.15) is 0 Å². The second-order valence-electron chi connectivity index (χ2n) is 2.22. The van der Waals surface area contributed by atoms with Crippen LogP contribution in [0.25, 0.3) is 0 Å². The van der Waals surface area contributed by atoms with E-state index in [1.165, 1.54) is 0 Å². The third kappa shape index (κ3) is 2.32. The van der Waals surface area contributed by atoms with Gasteiger partial charge in [0, 0.05) is 13.2 Å². The summed E-state index contributed by atoms with van der Waals surface area (Å²) in [5.41, 5.74) is 0. The van der Waals surface area contributed by atoms with Gasteiger partial charge in [-0.15, -0.1) is 23.2 Å². The summed E-state index contributed by atoms with van der Waals surface area (Å²) in [5.74, 6) is 0. The molecule has 0 radical (unpaired) electrons. The Labute approximate surface area is 65.3 Å². The Hall–Kier alpha value is 0.540. The SMILES string of the molecule is ClC1CCOCCC1Cl. The van der Waals surface area contributed by atoms with Crippen LogP contribution in [0.4, 0.5) is 0 Å². The highest BCUT2D eigenvalue weighted by atomic mass is 35.5. The number of alkyl halides is 2. The molecule has 2 unspecified atom stereocenters. The second kappa shape index (κ2) is 3.65. The molecule has 54 valence electrons. The molecule has 3 heteroatoms. The second-order valence-corrected chi connectivity index (χ2v) is 3.34. The third-order valence-electron chi connectivity index (χ3n) is 1.47. The van der Waals surface area contributed by atoms with Crippen molar-refractivity contribution in [2.45, 2.75) is 23.6 Å². The molecule has 0 aromatic rings. The van der Waals surface area contributed by atoms with E-state index >= 15 is 0 Å². The van der Waals surface area contributed by atoms with Crippen LogP contribution in [0, 0.1) is 0 Å². The van der Waals surface area contributed by atoms with Gasteiger partial charge in [0.05, 0.1) is 10.8 Å². The lowest BCUT2D eigenvalue weighted by molar-refractivity contribution is 0.144. The lowest BCUT2D eigenvalue weighted by atomic mass is 10.2.